The van der Waals surface area contributed by atoms with Gasteiger partial charge in [0.05, 0.1) is 7.11 Å². The number of rotatable bonds is 4. The predicted octanol–water partition coefficient (Wildman–Crippen LogP) is 2.92. The standard InChI is InChI=1S/C14H10Cl2N2O3/c1-21-13(20)11(8-2-4-9(15)5-3-8)12(19)10-6-7-17-14(16)18-10/h2-7,11H,1H3. The monoisotopic (exact) mass is 324 g/mol. The van der Waals surface area contributed by atoms with Gasteiger partial charge in [0.2, 0.25) is 5.28 Å². The van der Waals surface area contributed by atoms with Gasteiger partial charge in [0.15, 0.2) is 5.78 Å². The summed E-state index contributed by atoms with van der Waals surface area (Å²) in [5.41, 5.74) is 0.506. The van der Waals surface area contributed by atoms with Crippen LogP contribution in [-0.4, -0.2) is 28.8 Å². The van der Waals surface area contributed by atoms with Crippen LogP contribution >= 0.6 is 23.2 Å². The number of hydrogen-bond acceptors (Lipinski definition) is 5. The number of aromatic nitrogens is 2. The summed E-state index contributed by atoms with van der Waals surface area (Å²) in [5, 5.41) is 0.431. The molecule has 0 radical (unpaired) electrons. The van der Waals surface area contributed by atoms with E-state index in [1.54, 1.807) is 24.3 Å². The lowest BCUT2D eigenvalue weighted by molar-refractivity contribution is -0.141. The number of ether oxygens (including phenoxy) is 1. The Labute approximate surface area is 130 Å². The maximum Gasteiger partial charge on any atom is 0.321 e. The van der Waals surface area contributed by atoms with Crippen LogP contribution in [0.25, 0.3) is 0 Å². The molecule has 0 amide bonds. The first-order valence-electron chi connectivity index (χ1n) is 5.89. The van der Waals surface area contributed by atoms with Crippen LogP contribution in [0.5, 0.6) is 0 Å². The molecule has 21 heavy (non-hydrogen) atoms. The topological polar surface area (TPSA) is 69.2 Å². The second kappa shape index (κ2) is 6.65. The van der Waals surface area contributed by atoms with Crippen LogP contribution in [0.3, 0.4) is 0 Å². The van der Waals surface area contributed by atoms with E-state index in [2.05, 4.69) is 9.97 Å². The van der Waals surface area contributed by atoms with Crippen molar-refractivity contribution in [1.82, 2.24) is 9.97 Å². The Hall–Kier alpha value is -1.98. The highest BCUT2D eigenvalue weighted by molar-refractivity contribution is 6.30. The lowest BCUT2D eigenvalue weighted by Gasteiger charge is -2.13. The van der Waals surface area contributed by atoms with Crippen molar-refractivity contribution in [3.63, 3.8) is 0 Å². The highest BCUT2D eigenvalue weighted by Gasteiger charge is 2.31. The Kier molecular flexibility index (Phi) is 4.88. The number of ketones is 1. The van der Waals surface area contributed by atoms with Gasteiger partial charge in [0.1, 0.15) is 11.6 Å². The van der Waals surface area contributed by atoms with Crippen LogP contribution in [0.1, 0.15) is 22.0 Å². The van der Waals surface area contributed by atoms with Crippen molar-refractivity contribution in [2.75, 3.05) is 7.11 Å². The number of nitrogens with zero attached hydrogens (tertiary/aromatic N) is 2. The first-order valence-corrected chi connectivity index (χ1v) is 6.64. The van der Waals surface area contributed by atoms with Crippen molar-refractivity contribution in [2.45, 2.75) is 5.92 Å². The molecule has 0 saturated heterocycles. The summed E-state index contributed by atoms with van der Waals surface area (Å²) >= 11 is 11.5. The molecule has 5 nitrogen and oxygen atoms in total. The minimum atomic E-state index is -1.13. The molecule has 0 bridgehead atoms. The lowest BCUT2D eigenvalue weighted by Crippen LogP contribution is -2.24. The number of hydrogen-bond donors (Lipinski definition) is 0. The maximum atomic E-state index is 12.5. The van der Waals surface area contributed by atoms with E-state index in [9.17, 15) is 9.59 Å². The average Bonchev–Trinajstić information content (AvgIpc) is 2.49. The summed E-state index contributed by atoms with van der Waals surface area (Å²) in [6.07, 6.45) is 1.35. The number of carbonyl (C=O) groups is 2. The molecule has 0 spiro atoms. The fraction of sp³-hybridized carbons (Fsp3) is 0.143. The number of benzene rings is 1. The van der Waals surface area contributed by atoms with Gasteiger partial charge in [-0.05, 0) is 35.4 Å². The Balaban J connectivity index is 2.43. The Morgan fingerprint density at radius 1 is 1.14 bits per heavy atom. The molecular weight excluding hydrogens is 315 g/mol. The van der Waals surface area contributed by atoms with Gasteiger partial charge in [-0.15, -0.1) is 0 Å². The molecular formula is C14H10Cl2N2O3. The van der Waals surface area contributed by atoms with E-state index in [0.717, 1.165) is 0 Å². The van der Waals surface area contributed by atoms with Crippen molar-refractivity contribution >= 4 is 35.0 Å². The van der Waals surface area contributed by atoms with E-state index in [-0.39, 0.29) is 11.0 Å². The van der Waals surface area contributed by atoms with Gasteiger partial charge in [-0.25, -0.2) is 9.97 Å². The van der Waals surface area contributed by atoms with Crippen molar-refractivity contribution < 1.29 is 14.3 Å². The Bertz CT molecular complexity index is 674. The molecule has 2 aromatic rings. The fourth-order valence-corrected chi connectivity index (χ4v) is 2.06. The summed E-state index contributed by atoms with van der Waals surface area (Å²) < 4.78 is 4.70. The zero-order valence-corrected chi connectivity index (χ0v) is 12.4. The summed E-state index contributed by atoms with van der Waals surface area (Å²) in [7, 11) is 1.21. The number of methoxy groups -OCH3 is 1. The quantitative estimate of drug-likeness (QED) is 0.374. The van der Waals surface area contributed by atoms with E-state index in [0.29, 0.717) is 10.6 Å². The van der Waals surface area contributed by atoms with Gasteiger partial charge in [0.25, 0.3) is 0 Å². The molecule has 1 unspecified atom stereocenters. The minimum Gasteiger partial charge on any atom is -0.468 e. The maximum absolute atomic E-state index is 12.5. The SMILES string of the molecule is COC(=O)C(C(=O)c1ccnc(Cl)n1)c1ccc(Cl)cc1. The molecule has 108 valence electrons. The minimum absolute atomic E-state index is 0.0420. The molecule has 2 rings (SSSR count). The van der Waals surface area contributed by atoms with Gasteiger partial charge in [-0.3, -0.25) is 9.59 Å². The molecule has 1 aromatic heterocycles. The van der Waals surface area contributed by atoms with Crippen LogP contribution in [-0.2, 0) is 9.53 Å². The van der Waals surface area contributed by atoms with Gasteiger partial charge < -0.3 is 4.74 Å². The third kappa shape index (κ3) is 3.56. The van der Waals surface area contributed by atoms with Gasteiger partial charge in [-0.1, -0.05) is 23.7 Å². The zero-order valence-electron chi connectivity index (χ0n) is 10.9. The molecule has 1 aromatic carbocycles. The molecule has 0 N–H and O–H groups in total. The molecule has 0 aliphatic carbocycles. The number of Topliss-reactive ketones (excluding diaryl/α,β-unsaturated/α-hetero) is 1. The number of esters is 1. The summed E-state index contributed by atoms with van der Waals surface area (Å²) in [6, 6.07) is 7.75. The molecule has 0 aliphatic heterocycles. The fourth-order valence-electron chi connectivity index (χ4n) is 1.79. The van der Waals surface area contributed by atoms with Crippen molar-refractivity contribution in [3.8, 4) is 0 Å². The molecule has 0 fully saturated rings. The third-order valence-corrected chi connectivity index (χ3v) is 3.22. The third-order valence-electron chi connectivity index (χ3n) is 2.78. The predicted molar refractivity (Wildman–Crippen MR) is 77.6 cm³/mol. The van der Waals surface area contributed by atoms with Gasteiger partial charge >= 0.3 is 5.97 Å². The lowest BCUT2D eigenvalue weighted by atomic mass is 9.93. The van der Waals surface area contributed by atoms with E-state index < -0.39 is 17.7 Å². The highest BCUT2D eigenvalue weighted by Crippen LogP contribution is 2.23. The van der Waals surface area contributed by atoms with Crippen LogP contribution in [0.2, 0.25) is 10.3 Å². The summed E-state index contributed by atoms with van der Waals surface area (Å²) in [6.45, 7) is 0. The van der Waals surface area contributed by atoms with Gasteiger partial charge in [0, 0.05) is 11.2 Å². The van der Waals surface area contributed by atoms with Crippen LogP contribution in [0.4, 0.5) is 0 Å². The molecule has 0 saturated carbocycles. The number of carbonyl (C=O) groups excluding carboxylic acids is 2. The molecule has 7 heteroatoms. The largest absolute Gasteiger partial charge is 0.468 e. The van der Waals surface area contributed by atoms with Crippen LogP contribution in [0, 0.1) is 0 Å². The zero-order chi connectivity index (χ0) is 15.4. The summed E-state index contributed by atoms with van der Waals surface area (Å²) in [5.74, 6) is -2.33. The van der Waals surface area contributed by atoms with E-state index in [1.165, 1.54) is 19.4 Å². The average molecular weight is 325 g/mol. The van der Waals surface area contributed by atoms with E-state index in [4.69, 9.17) is 27.9 Å². The second-order valence-corrected chi connectivity index (χ2v) is 4.86. The number of halogens is 2. The van der Waals surface area contributed by atoms with E-state index >= 15 is 0 Å². The molecule has 1 atom stereocenters. The van der Waals surface area contributed by atoms with Crippen molar-refractivity contribution in [3.05, 3.63) is 58.1 Å². The van der Waals surface area contributed by atoms with Gasteiger partial charge in [-0.2, -0.15) is 0 Å². The Morgan fingerprint density at radius 3 is 2.38 bits per heavy atom. The molecule has 0 aliphatic rings. The smallest absolute Gasteiger partial charge is 0.321 e. The Morgan fingerprint density at radius 2 is 1.81 bits per heavy atom. The molecule has 1 heterocycles. The normalized spacial score (nSPS) is 11.8. The van der Waals surface area contributed by atoms with Crippen molar-refractivity contribution in [1.29, 1.82) is 0 Å². The first-order chi connectivity index (χ1) is 10.0. The first kappa shape index (κ1) is 15.4. The van der Waals surface area contributed by atoms with Crippen molar-refractivity contribution in [2.24, 2.45) is 0 Å². The summed E-state index contributed by atoms with van der Waals surface area (Å²) in [4.78, 5) is 32.0. The highest BCUT2D eigenvalue weighted by atomic mass is 35.5. The van der Waals surface area contributed by atoms with Crippen LogP contribution in [0.15, 0.2) is 36.5 Å². The second-order valence-electron chi connectivity index (χ2n) is 4.08. The van der Waals surface area contributed by atoms with Crippen LogP contribution < -0.4 is 0 Å². The van der Waals surface area contributed by atoms with E-state index in [1.807, 2.05) is 0 Å².